The Morgan fingerprint density at radius 3 is 3.00 bits per heavy atom. The van der Waals surface area contributed by atoms with E-state index in [9.17, 15) is 4.79 Å². The van der Waals surface area contributed by atoms with Crippen molar-refractivity contribution in [3.63, 3.8) is 0 Å². The van der Waals surface area contributed by atoms with Crippen molar-refractivity contribution in [1.82, 2.24) is 10.6 Å². The summed E-state index contributed by atoms with van der Waals surface area (Å²) in [5.41, 5.74) is 0.557. The summed E-state index contributed by atoms with van der Waals surface area (Å²) < 4.78 is 0. The maximum atomic E-state index is 12.1. The van der Waals surface area contributed by atoms with Gasteiger partial charge in [0.1, 0.15) is 0 Å². The molecule has 2 rings (SSSR count). The molecule has 0 spiro atoms. The molecule has 1 fully saturated rings. The maximum Gasteiger partial charge on any atom is 0.252 e. The number of nitrogens with one attached hydrogen (secondary N) is 2. The Morgan fingerprint density at radius 1 is 1.58 bits per heavy atom. The molecule has 1 atom stereocenters. The second-order valence-electron chi connectivity index (χ2n) is 4.35. The molecule has 3 nitrogen and oxygen atoms in total. The SMILES string of the molecule is CSc1ccc(Cl)c(C(=O)NCC2CCCN2)c1.Cl. The predicted octanol–water partition coefficient (Wildman–Crippen LogP) is 2.97. The van der Waals surface area contributed by atoms with Gasteiger partial charge in [-0.15, -0.1) is 24.2 Å². The lowest BCUT2D eigenvalue weighted by Gasteiger charge is -2.12. The quantitative estimate of drug-likeness (QED) is 0.838. The summed E-state index contributed by atoms with van der Waals surface area (Å²) in [5.74, 6) is -0.0930. The summed E-state index contributed by atoms with van der Waals surface area (Å²) >= 11 is 7.66. The van der Waals surface area contributed by atoms with Crippen LogP contribution in [0.3, 0.4) is 0 Å². The van der Waals surface area contributed by atoms with Crippen LogP contribution in [0, 0.1) is 0 Å². The van der Waals surface area contributed by atoms with E-state index in [1.807, 2.05) is 18.4 Å². The zero-order chi connectivity index (χ0) is 13.0. The highest BCUT2D eigenvalue weighted by molar-refractivity contribution is 7.98. The van der Waals surface area contributed by atoms with E-state index in [2.05, 4.69) is 10.6 Å². The van der Waals surface area contributed by atoms with Crippen molar-refractivity contribution in [1.29, 1.82) is 0 Å². The zero-order valence-corrected chi connectivity index (χ0v) is 13.1. The van der Waals surface area contributed by atoms with Crippen LogP contribution < -0.4 is 10.6 Å². The molecule has 1 aliphatic rings. The average Bonchev–Trinajstić information content (AvgIpc) is 2.89. The van der Waals surface area contributed by atoms with E-state index in [0.717, 1.165) is 17.9 Å². The lowest BCUT2D eigenvalue weighted by molar-refractivity contribution is 0.0950. The van der Waals surface area contributed by atoms with Gasteiger partial charge in [0.15, 0.2) is 0 Å². The van der Waals surface area contributed by atoms with Crippen LogP contribution >= 0.6 is 35.8 Å². The number of hydrogen-bond acceptors (Lipinski definition) is 3. The van der Waals surface area contributed by atoms with E-state index >= 15 is 0 Å². The number of carbonyl (C=O) groups excluding carboxylic acids is 1. The average molecular weight is 321 g/mol. The Labute approximate surface area is 129 Å². The molecular weight excluding hydrogens is 303 g/mol. The Morgan fingerprint density at radius 2 is 2.37 bits per heavy atom. The van der Waals surface area contributed by atoms with Gasteiger partial charge in [-0.05, 0) is 43.8 Å². The first-order valence-corrected chi connectivity index (χ1v) is 7.66. The van der Waals surface area contributed by atoms with Crippen molar-refractivity contribution in [3.05, 3.63) is 28.8 Å². The second-order valence-corrected chi connectivity index (χ2v) is 5.64. The minimum absolute atomic E-state index is 0. The van der Waals surface area contributed by atoms with Crippen LogP contribution in [-0.4, -0.2) is 31.3 Å². The third-order valence-electron chi connectivity index (χ3n) is 3.09. The molecule has 1 aromatic carbocycles. The number of rotatable bonds is 4. The van der Waals surface area contributed by atoms with Crippen molar-refractivity contribution in [2.75, 3.05) is 19.3 Å². The Kier molecular flexibility index (Phi) is 7.00. The van der Waals surface area contributed by atoms with Gasteiger partial charge in [0.05, 0.1) is 10.6 Å². The van der Waals surface area contributed by atoms with Gasteiger partial charge in [-0.3, -0.25) is 4.79 Å². The standard InChI is InChI=1S/C13H17ClN2OS.ClH/c1-18-10-4-5-12(14)11(7-10)13(17)16-8-9-3-2-6-15-9;/h4-5,7,9,15H,2-3,6,8H2,1H3,(H,16,17);1H. The molecule has 2 N–H and O–H groups in total. The van der Waals surface area contributed by atoms with Gasteiger partial charge in [-0.25, -0.2) is 0 Å². The molecule has 1 heterocycles. The minimum atomic E-state index is -0.0930. The van der Waals surface area contributed by atoms with Crippen LogP contribution in [0.5, 0.6) is 0 Å². The summed E-state index contributed by atoms with van der Waals surface area (Å²) in [6, 6.07) is 5.93. The lowest BCUT2D eigenvalue weighted by atomic mass is 10.2. The monoisotopic (exact) mass is 320 g/mol. The lowest BCUT2D eigenvalue weighted by Crippen LogP contribution is -2.37. The molecule has 1 amide bonds. The molecule has 19 heavy (non-hydrogen) atoms. The van der Waals surface area contributed by atoms with Crippen molar-refractivity contribution in [3.8, 4) is 0 Å². The van der Waals surface area contributed by atoms with E-state index in [1.54, 1.807) is 17.8 Å². The summed E-state index contributed by atoms with van der Waals surface area (Å²) in [4.78, 5) is 13.1. The van der Waals surface area contributed by atoms with Gasteiger partial charge in [0.2, 0.25) is 0 Å². The van der Waals surface area contributed by atoms with E-state index in [0.29, 0.717) is 23.2 Å². The topological polar surface area (TPSA) is 41.1 Å². The van der Waals surface area contributed by atoms with Crippen LogP contribution in [0.1, 0.15) is 23.2 Å². The van der Waals surface area contributed by atoms with Gasteiger partial charge in [0, 0.05) is 17.5 Å². The van der Waals surface area contributed by atoms with Gasteiger partial charge >= 0.3 is 0 Å². The van der Waals surface area contributed by atoms with Crippen molar-refractivity contribution in [2.24, 2.45) is 0 Å². The highest BCUT2D eigenvalue weighted by atomic mass is 35.5. The summed E-state index contributed by atoms with van der Waals surface area (Å²) in [6.45, 7) is 1.71. The van der Waals surface area contributed by atoms with Crippen molar-refractivity contribution >= 4 is 41.7 Å². The molecule has 0 aromatic heterocycles. The molecule has 0 bridgehead atoms. The molecular formula is C13H18Cl2N2OS. The number of hydrogen-bond donors (Lipinski definition) is 2. The number of amides is 1. The number of halogens is 2. The second kappa shape index (κ2) is 8.00. The summed E-state index contributed by atoms with van der Waals surface area (Å²) in [5, 5.41) is 6.79. The van der Waals surface area contributed by atoms with Crippen LogP contribution in [0.25, 0.3) is 0 Å². The van der Waals surface area contributed by atoms with Gasteiger partial charge in [-0.1, -0.05) is 11.6 Å². The Balaban J connectivity index is 0.00000180. The normalized spacial score (nSPS) is 17.9. The first-order chi connectivity index (χ1) is 8.70. The van der Waals surface area contributed by atoms with Gasteiger partial charge in [-0.2, -0.15) is 0 Å². The third-order valence-corrected chi connectivity index (χ3v) is 4.14. The molecule has 1 unspecified atom stereocenters. The smallest absolute Gasteiger partial charge is 0.252 e. The summed E-state index contributed by atoms with van der Waals surface area (Å²) in [7, 11) is 0. The molecule has 106 valence electrons. The molecule has 1 saturated heterocycles. The number of benzene rings is 1. The van der Waals surface area contributed by atoms with Crippen molar-refractivity contribution < 1.29 is 4.79 Å². The molecule has 0 aliphatic carbocycles. The Hall–Kier alpha value is -0.420. The number of carbonyl (C=O) groups is 1. The van der Waals surface area contributed by atoms with E-state index in [-0.39, 0.29) is 18.3 Å². The van der Waals surface area contributed by atoms with E-state index in [1.165, 1.54) is 6.42 Å². The fourth-order valence-corrected chi connectivity index (χ4v) is 2.69. The van der Waals surface area contributed by atoms with Crippen LogP contribution in [0.4, 0.5) is 0 Å². The fourth-order valence-electron chi connectivity index (χ4n) is 2.05. The van der Waals surface area contributed by atoms with Crippen LogP contribution in [0.2, 0.25) is 5.02 Å². The maximum absolute atomic E-state index is 12.1. The largest absolute Gasteiger partial charge is 0.350 e. The van der Waals surface area contributed by atoms with Gasteiger partial charge in [0.25, 0.3) is 5.91 Å². The van der Waals surface area contributed by atoms with Gasteiger partial charge < -0.3 is 10.6 Å². The highest BCUT2D eigenvalue weighted by Gasteiger charge is 2.16. The minimum Gasteiger partial charge on any atom is -0.350 e. The summed E-state index contributed by atoms with van der Waals surface area (Å²) in [6.07, 6.45) is 4.29. The first-order valence-electron chi connectivity index (χ1n) is 6.06. The molecule has 1 aliphatic heterocycles. The molecule has 0 radical (unpaired) electrons. The molecule has 0 saturated carbocycles. The molecule has 6 heteroatoms. The highest BCUT2D eigenvalue weighted by Crippen LogP contribution is 2.22. The fraction of sp³-hybridized carbons (Fsp3) is 0.462. The van der Waals surface area contributed by atoms with Crippen LogP contribution in [0.15, 0.2) is 23.1 Å². The van der Waals surface area contributed by atoms with E-state index < -0.39 is 0 Å². The van der Waals surface area contributed by atoms with E-state index in [4.69, 9.17) is 11.6 Å². The zero-order valence-electron chi connectivity index (χ0n) is 10.7. The number of thioether (sulfide) groups is 1. The first kappa shape index (κ1) is 16.6. The van der Waals surface area contributed by atoms with Crippen LogP contribution in [-0.2, 0) is 0 Å². The third kappa shape index (κ3) is 4.56. The predicted molar refractivity (Wildman–Crippen MR) is 83.8 cm³/mol. The van der Waals surface area contributed by atoms with Crippen molar-refractivity contribution in [2.45, 2.75) is 23.8 Å². The Bertz CT molecular complexity index is 437. The molecule has 1 aromatic rings.